The van der Waals surface area contributed by atoms with E-state index in [0.29, 0.717) is 22.9 Å². The molecule has 0 radical (unpaired) electrons. The van der Waals surface area contributed by atoms with E-state index < -0.39 is 5.41 Å². The van der Waals surface area contributed by atoms with Crippen LogP contribution in [0.2, 0.25) is 0 Å². The molecule has 3 nitrogen and oxygen atoms in total. The van der Waals surface area contributed by atoms with Crippen LogP contribution < -0.4 is 5.73 Å². The van der Waals surface area contributed by atoms with Gasteiger partial charge in [-0.15, -0.1) is 0 Å². The molecule has 4 heteroatoms. The van der Waals surface area contributed by atoms with Crippen LogP contribution in [-0.2, 0) is 4.79 Å². The first-order valence-electron chi connectivity index (χ1n) is 6.99. The number of rotatable bonds is 2. The van der Waals surface area contributed by atoms with E-state index in [-0.39, 0.29) is 5.91 Å². The fourth-order valence-corrected chi connectivity index (χ4v) is 3.65. The van der Waals surface area contributed by atoms with Crippen LogP contribution in [0, 0.1) is 17.3 Å². The Kier molecular flexibility index (Phi) is 3.67. The predicted octanol–water partition coefficient (Wildman–Crippen LogP) is 2.34. The highest BCUT2D eigenvalue weighted by molar-refractivity contribution is 7.80. The first-order valence-corrected chi connectivity index (χ1v) is 7.40. The van der Waals surface area contributed by atoms with Gasteiger partial charge in [0.15, 0.2) is 0 Å². The summed E-state index contributed by atoms with van der Waals surface area (Å²) >= 11 is 5.15. The second kappa shape index (κ2) is 4.80. The fraction of sp³-hybridized carbons (Fsp3) is 0.857. The Hall–Kier alpha value is -0.640. The number of amides is 1. The van der Waals surface area contributed by atoms with E-state index in [1.54, 1.807) is 0 Å². The van der Waals surface area contributed by atoms with Crippen molar-refractivity contribution in [1.82, 2.24) is 4.90 Å². The molecule has 0 aromatic heterocycles. The Balaban J connectivity index is 2.19. The van der Waals surface area contributed by atoms with Crippen LogP contribution in [0.3, 0.4) is 0 Å². The summed E-state index contributed by atoms with van der Waals surface area (Å²) in [6, 6.07) is 0.306. The zero-order valence-electron chi connectivity index (χ0n) is 11.6. The summed E-state index contributed by atoms with van der Waals surface area (Å²) in [5.74, 6) is 1.32. The van der Waals surface area contributed by atoms with Gasteiger partial charge in [0.25, 0.3) is 0 Å². The number of likely N-dealkylation sites (tertiary alicyclic amines) is 1. The third-order valence-electron chi connectivity index (χ3n) is 4.95. The van der Waals surface area contributed by atoms with Gasteiger partial charge in [-0.2, -0.15) is 0 Å². The Morgan fingerprint density at radius 1 is 1.33 bits per heavy atom. The molecule has 1 aliphatic heterocycles. The smallest absolute Gasteiger partial charge is 0.235 e. The monoisotopic (exact) mass is 268 g/mol. The van der Waals surface area contributed by atoms with Crippen molar-refractivity contribution in [3.05, 3.63) is 0 Å². The molecule has 1 amide bonds. The van der Waals surface area contributed by atoms with Crippen molar-refractivity contribution in [1.29, 1.82) is 0 Å². The molecule has 2 N–H and O–H groups in total. The molecule has 1 saturated carbocycles. The minimum Gasteiger partial charge on any atom is -0.392 e. The summed E-state index contributed by atoms with van der Waals surface area (Å²) in [5, 5.41) is 0. The molecule has 1 aliphatic carbocycles. The van der Waals surface area contributed by atoms with Crippen LogP contribution in [0.15, 0.2) is 0 Å². The maximum absolute atomic E-state index is 12.8. The second-order valence-corrected chi connectivity index (χ2v) is 6.76. The molecule has 102 valence electrons. The van der Waals surface area contributed by atoms with Gasteiger partial charge in [-0.05, 0) is 38.0 Å². The predicted molar refractivity (Wildman–Crippen MR) is 77.2 cm³/mol. The normalized spacial score (nSPS) is 34.8. The summed E-state index contributed by atoms with van der Waals surface area (Å²) in [7, 11) is 0. The van der Waals surface area contributed by atoms with E-state index in [1.165, 1.54) is 6.42 Å². The lowest BCUT2D eigenvalue weighted by Crippen LogP contribution is -2.59. The van der Waals surface area contributed by atoms with Gasteiger partial charge < -0.3 is 10.6 Å². The van der Waals surface area contributed by atoms with Gasteiger partial charge in [0, 0.05) is 12.6 Å². The van der Waals surface area contributed by atoms with Crippen LogP contribution in [0.1, 0.15) is 46.5 Å². The van der Waals surface area contributed by atoms with Crippen LogP contribution in [-0.4, -0.2) is 28.4 Å². The fourth-order valence-electron chi connectivity index (χ4n) is 3.35. The summed E-state index contributed by atoms with van der Waals surface area (Å²) in [4.78, 5) is 15.2. The average molecular weight is 268 g/mol. The van der Waals surface area contributed by atoms with E-state index in [9.17, 15) is 4.79 Å². The Morgan fingerprint density at radius 2 is 1.94 bits per heavy atom. The number of piperidine rings is 1. The summed E-state index contributed by atoms with van der Waals surface area (Å²) in [6.45, 7) is 7.46. The maximum Gasteiger partial charge on any atom is 0.235 e. The van der Waals surface area contributed by atoms with E-state index in [0.717, 1.165) is 25.8 Å². The molecule has 2 rings (SSSR count). The number of hydrogen-bond donors (Lipinski definition) is 1. The van der Waals surface area contributed by atoms with Crippen molar-refractivity contribution in [2.24, 2.45) is 23.0 Å². The summed E-state index contributed by atoms with van der Waals surface area (Å²) in [5.41, 5.74) is 5.33. The third-order valence-corrected chi connectivity index (χ3v) is 5.34. The van der Waals surface area contributed by atoms with Gasteiger partial charge in [0.1, 0.15) is 0 Å². The quantitative estimate of drug-likeness (QED) is 0.782. The summed E-state index contributed by atoms with van der Waals surface area (Å²) < 4.78 is 0. The molecule has 18 heavy (non-hydrogen) atoms. The molecular weight excluding hydrogens is 244 g/mol. The molecule has 0 bridgehead atoms. The van der Waals surface area contributed by atoms with Crippen LogP contribution >= 0.6 is 12.2 Å². The van der Waals surface area contributed by atoms with Crippen LogP contribution in [0.4, 0.5) is 0 Å². The number of nitrogens with zero attached hydrogens (tertiary/aromatic N) is 1. The lowest BCUT2D eigenvalue weighted by atomic mass is 9.67. The largest absolute Gasteiger partial charge is 0.392 e. The minimum atomic E-state index is -0.514. The van der Waals surface area contributed by atoms with Crippen molar-refractivity contribution >= 4 is 23.1 Å². The number of carbonyl (C=O) groups is 1. The lowest BCUT2D eigenvalue weighted by molar-refractivity contribution is -0.148. The number of thiocarbonyl (C=S) groups is 1. The SMILES string of the molecule is CC1CC(C)C(C)N(C(=O)C2(C(N)=S)CCC2)C1. The van der Waals surface area contributed by atoms with E-state index >= 15 is 0 Å². The molecule has 0 spiro atoms. The van der Waals surface area contributed by atoms with E-state index in [2.05, 4.69) is 20.8 Å². The third kappa shape index (κ3) is 2.04. The highest BCUT2D eigenvalue weighted by Crippen LogP contribution is 2.44. The van der Waals surface area contributed by atoms with Gasteiger partial charge in [0.2, 0.25) is 5.91 Å². The molecular formula is C14H24N2OS. The standard InChI is InChI=1S/C14H24N2OS/c1-9-7-10(2)11(3)16(8-9)13(17)14(12(15)18)5-4-6-14/h9-11H,4-8H2,1-3H3,(H2,15,18). The molecule has 3 atom stereocenters. The van der Waals surface area contributed by atoms with Gasteiger partial charge in [-0.25, -0.2) is 0 Å². The highest BCUT2D eigenvalue weighted by Gasteiger charge is 2.50. The minimum absolute atomic E-state index is 0.187. The van der Waals surface area contributed by atoms with Crippen molar-refractivity contribution in [3.63, 3.8) is 0 Å². The van der Waals surface area contributed by atoms with Gasteiger partial charge in [-0.1, -0.05) is 32.5 Å². The van der Waals surface area contributed by atoms with Gasteiger partial charge >= 0.3 is 0 Å². The maximum atomic E-state index is 12.8. The molecule has 3 unspecified atom stereocenters. The van der Waals surface area contributed by atoms with Crippen LogP contribution in [0.5, 0.6) is 0 Å². The molecule has 1 saturated heterocycles. The number of nitrogens with two attached hydrogens (primary N) is 1. The zero-order chi connectivity index (χ0) is 13.5. The van der Waals surface area contributed by atoms with Crippen molar-refractivity contribution < 1.29 is 4.79 Å². The van der Waals surface area contributed by atoms with Gasteiger partial charge in [0.05, 0.1) is 10.4 Å². The summed E-state index contributed by atoms with van der Waals surface area (Å²) in [6.07, 6.45) is 3.95. The topological polar surface area (TPSA) is 46.3 Å². The van der Waals surface area contributed by atoms with Crippen molar-refractivity contribution in [3.8, 4) is 0 Å². The Labute approximate surface area is 115 Å². The Morgan fingerprint density at radius 3 is 2.39 bits per heavy atom. The number of hydrogen-bond acceptors (Lipinski definition) is 2. The molecule has 2 fully saturated rings. The van der Waals surface area contributed by atoms with Gasteiger partial charge in [-0.3, -0.25) is 4.79 Å². The first-order chi connectivity index (χ1) is 8.38. The van der Waals surface area contributed by atoms with Crippen molar-refractivity contribution in [2.75, 3.05) is 6.54 Å². The molecule has 1 heterocycles. The van der Waals surface area contributed by atoms with Crippen molar-refractivity contribution in [2.45, 2.75) is 52.5 Å². The van der Waals surface area contributed by atoms with E-state index in [4.69, 9.17) is 18.0 Å². The molecule has 0 aromatic rings. The lowest BCUT2D eigenvalue weighted by Gasteiger charge is -2.48. The zero-order valence-corrected chi connectivity index (χ0v) is 12.4. The van der Waals surface area contributed by atoms with Crippen LogP contribution in [0.25, 0.3) is 0 Å². The average Bonchev–Trinajstić information content (AvgIpc) is 2.20. The molecule has 2 aliphatic rings. The Bertz CT molecular complexity index is 365. The first kappa shape index (κ1) is 13.8. The second-order valence-electron chi connectivity index (χ2n) is 6.32. The highest BCUT2D eigenvalue weighted by atomic mass is 32.1. The number of carbonyl (C=O) groups excluding carboxylic acids is 1. The van der Waals surface area contributed by atoms with E-state index in [1.807, 2.05) is 4.90 Å². The molecule has 0 aromatic carbocycles.